The van der Waals surface area contributed by atoms with Crippen LogP contribution >= 0.6 is 12.4 Å². The number of aliphatic hydroxyl groups is 1. The number of benzene rings is 2. The van der Waals surface area contributed by atoms with Gasteiger partial charge >= 0.3 is 0 Å². The predicted octanol–water partition coefficient (Wildman–Crippen LogP) is 4.27. The van der Waals surface area contributed by atoms with Gasteiger partial charge in [0.25, 0.3) is 0 Å². The van der Waals surface area contributed by atoms with Crippen LogP contribution in [0.5, 0.6) is 11.5 Å². The highest BCUT2D eigenvalue weighted by Crippen LogP contribution is 2.42. The Labute approximate surface area is 200 Å². The average Bonchev–Trinajstić information content (AvgIpc) is 2.77. The summed E-state index contributed by atoms with van der Waals surface area (Å²) in [6, 6.07) is 1.79. The number of piperidine rings is 1. The SMILES string of the molecule is CN1CCC(c2c(O)cc(O)c3c(=O)cc(/C=C/c4c(F)c(F)c(F)c(F)c4F)oc23)C(O)C1.Cl. The molecule has 1 aliphatic heterocycles. The van der Waals surface area contributed by atoms with Crippen LogP contribution in [0.3, 0.4) is 0 Å². The lowest BCUT2D eigenvalue weighted by molar-refractivity contribution is 0.0630. The van der Waals surface area contributed by atoms with E-state index in [9.17, 15) is 42.1 Å². The van der Waals surface area contributed by atoms with Gasteiger partial charge in [-0.1, -0.05) is 0 Å². The molecule has 2 heterocycles. The summed E-state index contributed by atoms with van der Waals surface area (Å²) in [4.78, 5) is 14.5. The number of rotatable bonds is 3. The van der Waals surface area contributed by atoms with Crippen molar-refractivity contribution in [2.24, 2.45) is 0 Å². The summed E-state index contributed by atoms with van der Waals surface area (Å²) >= 11 is 0. The van der Waals surface area contributed by atoms with E-state index in [2.05, 4.69) is 0 Å². The van der Waals surface area contributed by atoms with Crippen molar-refractivity contribution in [3.05, 3.63) is 68.3 Å². The molecule has 3 N–H and O–H groups in total. The molecule has 35 heavy (non-hydrogen) atoms. The number of phenols is 2. The monoisotopic (exact) mass is 519 g/mol. The van der Waals surface area contributed by atoms with Crippen molar-refractivity contribution in [3.63, 3.8) is 0 Å². The molecular formula is C23H19ClF5NO5. The molecule has 0 spiro atoms. The molecule has 0 amide bonds. The first-order valence-electron chi connectivity index (χ1n) is 10.1. The number of likely N-dealkylation sites (tertiary alicyclic amines) is 1. The van der Waals surface area contributed by atoms with Crippen LogP contribution in [-0.2, 0) is 0 Å². The van der Waals surface area contributed by atoms with Gasteiger partial charge in [0, 0.05) is 30.2 Å². The minimum atomic E-state index is -2.31. The number of aromatic hydroxyl groups is 2. The maximum absolute atomic E-state index is 14.0. The Hall–Kier alpha value is -3.15. The lowest BCUT2D eigenvalue weighted by Gasteiger charge is -2.34. The molecule has 2 atom stereocenters. The van der Waals surface area contributed by atoms with E-state index < -0.39 is 63.6 Å². The maximum atomic E-state index is 14.0. The summed E-state index contributed by atoms with van der Waals surface area (Å²) in [5.41, 5.74) is -2.25. The Kier molecular flexibility index (Phi) is 7.44. The molecule has 1 fully saturated rings. The molecule has 188 valence electrons. The summed E-state index contributed by atoms with van der Waals surface area (Å²) in [5, 5.41) is 30.9. The van der Waals surface area contributed by atoms with E-state index in [1.54, 1.807) is 7.05 Å². The fourth-order valence-electron chi connectivity index (χ4n) is 4.14. The summed E-state index contributed by atoms with van der Waals surface area (Å²) < 4.78 is 73.7. The van der Waals surface area contributed by atoms with Gasteiger partial charge in [0.05, 0.1) is 11.7 Å². The maximum Gasteiger partial charge on any atom is 0.200 e. The van der Waals surface area contributed by atoms with E-state index in [0.717, 1.165) is 18.2 Å². The van der Waals surface area contributed by atoms with Gasteiger partial charge in [-0.15, -0.1) is 12.4 Å². The van der Waals surface area contributed by atoms with Gasteiger partial charge in [-0.3, -0.25) is 4.79 Å². The van der Waals surface area contributed by atoms with Crippen molar-refractivity contribution in [2.45, 2.75) is 18.4 Å². The van der Waals surface area contributed by atoms with E-state index in [-0.39, 0.29) is 41.2 Å². The minimum absolute atomic E-state index is 0. The molecule has 4 rings (SSSR count). The number of halogens is 6. The van der Waals surface area contributed by atoms with Crippen molar-refractivity contribution < 1.29 is 41.7 Å². The highest BCUT2D eigenvalue weighted by molar-refractivity contribution is 5.89. The van der Waals surface area contributed by atoms with Crippen molar-refractivity contribution in [1.29, 1.82) is 0 Å². The first-order valence-corrected chi connectivity index (χ1v) is 10.1. The quantitative estimate of drug-likeness (QED) is 0.272. The van der Waals surface area contributed by atoms with Gasteiger partial charge in [-0.25, -0.2) is 22.0 Å². The first kappa shape index (κ1) is 26.5. The normalized spacial score (nSPS) is 18.8. The molecule has 1 aliphatic rings. The molecule has 1 saturated heterocycles. The second-order valence-electron chi connectivity index (χ2n) is 8.09. The molecule has 0 aliphatic carbocycles. The average molecular weight is 520 g/mol. The van der Waals surface area contributed by atoms with Crippen LogP contribution in [0.25, 0.3) is 23.1 Å². The third-order valence-corrected chi connectivity index (χ3v) is 5.83. The number of fused-ring (bicyclic) bond motifs is 1. The van der Waals surface area contributed by atoms with Gasteiger partial charge in [0.15, 0.2) is 28.7 Å². The van der Waals surface area contributed by atoms with E-state index in [1.807, 2.05) is 4.90 Å². The fourth-order valence-corrected chi connectivity index (χ4v) is 4.14. The van der Waals surface area contributed by atoms with E-state index in [0.29, 0.717) is 19.0 Å². The highest BCUT2D eigenvalue weighted by atomic mass is 35.5. The third-order valence-electron chi connectivity index (χ3n) is 5.83. The Morgan fingerprint density at radius 1 is 0.971 bits per heavy atom. The van der Waals surface area contributed by atoms with Gasteiger partial charge < -0.3 is 24.6 Å². The largest absolute Gasteiger partial charge is 0.507 e. The van der Waals surface area contributed by atoms with Gasteiger partial charge in [0.1, 0.15) is 28.2 Å². The second-order valence-corrected chi connectivity index (χ2v) is 8.09. The number of β-amino-alcohol motifs (C(OH)–C–C–N with tert-alkyl or cyclic N) is 1. The minimum Gasteiger partial charge on any atom is -0.507 e. The summed E-state index contributed by atoms with van der Waals surface area (Å²) in [5.74, 6) is -12.8. The van der Waals surface area contributed by atoms with Gasteiger partial charge in [0.2, 0.25) is 5.82 Å². The molecule has 0 saturated carbocycles. The lowest BCUT2D eigenvalue weighted by Crippen LogP contribution is -2.40. The Balaban J connectivity index is 0.00000342. The Bertz CT molecular complexity index is 1360. The standard InChI is InChI=1S/C23H18F5NO5.ClH/c1-29-5-4-10(15(33)8-29)16-13(31)7-14(32)17-12(30)6-9(34-23(16)17)2-3-11-18(24)20(26)22(28)21(27)19(11)25;/h2-3,6-7,10,15,31-33H,4-5,8H2,1H3;1H/b3-2+;. The molecule has 12 heteroatoms. The molecule has 0 radical (unpaired) electrons. The summed E-state index contributed by atoms with van der Waals surface area (Å²) in [6.45, 7) is 0.810. The molecule has 2 unspecified atom stereocenters. The van der Waals surface area contributed by atoms with E-state index in [1.165, 1.54) is 0 Å². The van der Waals surface area contributed by atoms with Crippen LogP contribution in [-0.4, -0.2) is 46.5 Å². The van der Waals surface area contributed by atoms with Crippen molar-refractivity contribution in [2.75, 3.05) is 20.1 Å². The van der Waals surface area contributed by atoms with Gasteiger partial charge in [-0.05, 0) is 32.2 Å². The zero-order chi connectivity index (χ0) is 24.9. The molecular weight excluding hydrogens is 501 g/mol. The number of phenolic OH excluding ortho intramolecular Hbond substituents is 2. The Morgan fingerprint density at radius 3 is 2.17 bits per heavy atom. The van der Waals surface area contributed by atoms with Crippen LogP contribution in [0, 0.1) is 29.1 Å². The van der Waals surface area contributed by atoms with Crippen LogP contribution in [0.4, 0.5) is 22.0 Å². The van der Waals surface area contributed by atoms with Crippen LogP contribution in [0.15, 0.2) is 21.3 Å². The fraction of sp³-hybridized carbons (Fsp3) is 0.261. The Morgan fingerprint density at radius 2 is 1.57 bits per heavy atom. The first-order chi connectivity index (χ1) is 16.0. The molecule has 3 aromatic rings. The number of aliphatic hydroxyl groups excluding tert-OH is 1. The van der Waals surface area contributed by atoms with Crippen LogP contribution in [0.2, 0.25) is 0 Å². The van der Waals surface area contributed by atoms with E-state index in [4.69, 9.17) is 4.42 Å². The van der Waals surface area contributed by atoms with E-state index >= 15 is 0 Å². The third kappa shape index (κ3) is 4.58. The zero-order valence-corrected chi connectivity index (χ0v) is 18.8. The second kappa shape index (κ2) is 9.84. The van der Waals surface area contributed by atoms with Crippen molar-refractivity contribution in [3.8, 4) is 11.5 Å². The molecule has 1 aromatic heterocycles. The molecule has 2 aromatic carbocycles. The topological polar surface area (TPSA) is 94.1 Å². The van der Waals surface area contributed by atoms with Crippen molar-refractivity contribution >= 4 is 35.5 Å². The summed E-state index contributed by atoms with van der Waals surface area (Å²) in [6.07, 6.45) is 0.789. The number of nitrogens with zero attached hydrogens (tertiary/aromatic N) is 1. The smallest absolute Gasteiger partial charge is 0.200 e. The number of likely N-dealkylation sites (N-methyl/N-ethyl adjacent to an activating group) is 1. The number of hydrogen-bond donors (Lipinski definition) is 3. The van der Waals surface area contributed by atoms with Crippen LogP contribution < -0.4 is 5.43 Å². The van der Waals surface area contributed by atoms with Crippen molar-refractivity contribution in [1.82, 2.24) is 4.90 Å². The molecule has 0 bridgehead atoms. The van der Waals surface area contributed by atoms with Gasteiger partial charge in [-0.2, -0.15) is 0 Å². The zero-order valence-electron chi connectivity index (χ0n) is 18.0. The highest BCUT2D eigenvalue weighted by Gasteiger charge is 2.33. The number of hydrogen-bond acceptors (Lipinski definition) is 6. The summed E-state index contributed by atoms with van der Waals surface area (Å²) in [7, 11) is 1.79. The molecule has 6 nitrogen and oxygen atoms in total. The predicted molar refractivity (Wildman–Crippen MR) is 119 cm³/mol. The lowest BCUT2D eigenvalue weighted by atomic mass is 9.85. The van der Waals surface area contributed by atoms with Crippen LogP contribution in [0.1, 0.15) is 29.2 Å².